The van der Waals surface area contributed by atoms with Gasteiger partial charge in [-0.2, -0.15) is 0 Å². The highest BCUT2D eigenvalue weighted by Crippen LogP contribution is 2.48. The molecule has 1 heterocycles. The Bertz CT molecular complexity index is 707. The van der Waals surface area contributed by atoms with Crippen molar-refractivity contribution in [2.75, 3.05) is 4.90 Å². The maximum absolute atomic E-state index is 13.1. The van der Waals surface area contributed by atoms with Crippen LogP contribution in [0.1, 0.15) is 46.0 Å². The molecule has 126 valence electrons. The van der Waals surface area contributed by atoms with E-state index in [1.807, 2.05) is 25.1 Å². The van der Waals surface area contributed by atoms with Gasteiger partial charge in [-0.05, 0) is 38.0 Å². The maximum Gasteiger partial charge on any atom is 0.240 e. The van der Waals surface area contributed by atoms with E-state index in [0.29, 0.717) is 12.1 Å². The zero-order valence-electron chi connectivity index (χ0n) is 14.2. The third-order valence-corrected chi connectivity index (χ3v) is 5.26. The first-order valence-electron chi connectivity index (χ1n) is 8.63. The molecule has 1 fully saturated rings. The van der Waals surface area contributed by atoms with E-state index < -0.39 is 5.41 Å². The molecule has 1 aromatic rings. The predicted octanol–water partition coefficient (Wildman–Crippen LogP) is 3.66. The minimum atomic E-state index is -0.821. The standard InChI is InChI=1S/C20H23NO3/c1-3-4-8-14-11-16(22)12-17(14)20(2)13-18(23)21(19(20)24)15-9-6-5-7-10-15/h5-7,9-11,17H,3-4,8,12-13H2,1-2H3/t17-,20-/m0/s1. The Morgan fingerprint density at radius 3 is 2.54 bits per heavy atom. The van der Waals surface area contributed by atoms with E-state index in [4.69, 9.17) is 0 Å². The molecule has 0 N–H and O–H groups in total. The molecule has 4 heteroatoms. The average molecular weight is 325 g/mol. The summed E-state index contributed by atoms with van der Waals surface area (Å²) in [6.45, 7) is 3.95. The Morgan fingerprint density at radius 1 is 1.17 bits per heavy atom. The van der Waals surface area contributed by atoms with Gasteiger partial charge in [-0.15, -0.1) is 0 Å². The number of amides is 2. The van der Waals surface area contributed by atoms with Crippen molar-refractivity contribution in [2.24, 2.45) is 11.3 Å². The Hall–Kier alpha value is -2.23. The fourth-order valence-electron chi connectivity index (χ4n) is 3.91. The average Bonchev–Trinajstić information content (AvgIpc) is 3.05. The number of unbranched alkanes of at least 4 members (excludes halogenated alkanes) is 1. The summed E-state index contributed by atoms with van der Waals surface area (Å²) in [5, 5.41) is 0. The minimum absolute atomic E-state index is 0.0748. The van der Waals surface area contributed by atoms with Gasteiger partial charge in [-0.25, -0.2) is 0 Å². The lowest BCUT2D eigenvalue weighted by Crippen LogP contribution is -2.38. The normalized spacial score (nSPS) is 27.1. The van der Waals surface area contributed by atoms with Crippen molar-refractivity contribution in [1.29, 1.82) is 0 Å². The summed E-state index contributed by atoms with van der Waals surface area (Å²) in [6.07, 6.45) is 5.08. The lowest BCUT2D eigenvalue weighted by atomic mass is 9.71. The van der Waals surface area contributed by atoms with Gasteiger partial charge >= 0.3 is 0 Å². The molecule has 24 heavy (non-hydrogen) atoms. The largest absolute Gasteiger partial charge is 0.295 e. The number of carbonyl (C=O) groups excluding carboxylic acids is 3. The van der Waals surface area contributed by atoms with Crippen LogP contribution in [0.4, 0.5) is 5.69 Å². The quantitative estimate of drug-likeness (QED) is 0.776. The van der Waals surface area contributed by atoms with Gasteiger partial charge in [-0.3, -0.25) is 19.3 Å². The fraction of sp³-hybridized carbons (Fsp3) is 0.450. The minimum Gasteiger partial charge on any atom is -0.295 e. The van der Waals surface area contributed by atoms with Crippen LogP contribution < -0.4 is 4.90 Å². The monoisotopic (exact) mass is 325 g/mol. The van der Waals surface area contributed by atoms with Gasteiger partial charge in [-0.1, -0.05) is 37.1 Å². The van der Waals surface area contributed by atoms with Crippen LogP contribution in [0.2, 0.25) is 0 Å². The molecule has 1 aliphatic heterocycles. The fourth-order valence-corrected chi connectivity index (χ4v) is 3.91. The number of anilines is 1. The summed E-state index contributed by atoms with van der Waals surface area (Å²) >= 11 is 0. The van der Waals surface area contributed by atoms with Crippen molar-refractivity contribution in [2.45, 2.75) is 46.0 Å². The highest BCUT2D eigenvalue weighted by molar-refractivity contribution is 6.22. The third-order valence-electron chi connectivity index (χ3n) is 5.26. The number of imide groups is 1. The smallest absolute Gasteiger partial charge is 0.240 e. The third kappa shape index (κ3) is 2.70. The number of carbonyl (C=O) groups is 3. The highest BCUT2D eigenvalue weighted by atomic mass is 16.2. The molecule has 0 bridgehead atoms. The van der Waals surface area contributed by atoms with Crippen LogP contribution in [0.25, 0.3) is 0 Å². The maximum atomic E-state index is 13.1. The second kappa shape index (κ2) is 6.34. The van der Waals surface area contributed by atoms with Gasteiger partial charge in [0.05, 0.1) is 11.1 Å². The first kappa shape index (κ1) is 16.6. The molecule has 1 aliphatic carbocycles. The molecule has 0 radical (unpaired) electrons. The molecule has 0 spiro atoms. The predicted molar refractivity (Wildman–Crippen MR) is 92.4 cm³/mol. The molecule has 2 aliphatic rings. The molecule has 4 nitrogen and oxygen atoms in total. The van der Waals surface area contributed by atoms with Crippen molar-refractivity contribution >= 4 is 23.3 Å². The number of nitrogens with zero attached hydrogens (tertiary/aromatic N) is 1. The molecule has 0 unspecified atom stereocenters. The van der Waals surface area contributed by atoms with E-state index in [1.165, 1.54) is 4.90 Å². The Labute approximate surface area is 142 Å². The van der Waals surface area contributed by atoms with Crippen molar-refractivity contribution in [3.8, 4) is 0 Å². The zero-order valence-corrected chi connectivity index (χ0v) is 14.2. The van der Waals surface area contributed by atoms with E-state index in [9.17, 15) is 14.4 Å². The van der Waals surface area contributed by atoms with Crippen molar-refractivity contribution < 1.29 is 14.4 Å². The highest BCUT2D eigenvalue weighted by Gasteiger charge is 2.55. The molecular weight excluding hydrogens is 302 g/mol. The van der Waals surface area contributed by atoms with Gasteiger partial charge in [0.1, 0.15) is 0 Å². The van der Waals surface area contributed by atoms with Crippen molar-refractivity contribution in [1.82, 2.24) is 0 Å². The first-order valence-corrected chi connectivity index (χ1v) is 8.63. The number of hydrogen-bond donors (Lipinski definition) is 0. The Morgan fingerprint density at radius 2 is 1.88 bits per heavy atom. The zero-order chi connectivity index (χ0) is 17.3. The summed E-state index contributed by atoms with van der Waals surface area (Å²) in [4.78, 5) is 38.9. The first-order chi connectivity index (χ1) is 11.5. The topological polar surface area (TPSA) is 54.5 Å². The molecule has 0 saturated carbocycles. The number of benzene rings is 1. The van der Waals surface area contributed by atoms with Crippen molar-refractivity contribution in [3.63, 3.8) is 0 Å². The van der Waals surface area contributed by atoms with Crippen LogP contribution in [-0.4, -0.2) is 17.6 Å². The van der Waals surface area contributed by atoms with Crippen LogP contribution in [-0.2, 0) is 14.4 Å². The van der Waals surface area contributed by atoms with Crippen LogP contribution in [0.5, 0.6) is 0 Å². The molecule has 0 aromatic heterocycles. The van der Waals surface area contributed by atoms with Gasteiger partial charge in [0.15, 0.2) is 5.78 Å². The van der Waals surface area contributed by atoms with E-state index in [2.05, 4.69) is 6.92 Å². The van der Waals surface area contributed by atoms with Crippen LogP contribution >= 0.6 is 0 Å². The Balaban J connectivity index is 1.91. The van der Waals surface area contributed by atoms with Crippen LogP contribution in [0, 0.1) is 11.3 Å². The summed E-state index contributed by atoms with van der Waals surface area (Å²) in [6, 6.07) is 9.04. The second-order valence-electron chi connectivity index (χ2n) is 7.01. The summed E-state index contributed by atoms with van der Waals surface area (Å²) < 4.78 is 0. The molecule has 2 atom stereocenters. The Kier molecular flexibility index (Phi) is 4.39. The summed E-state index contributed by atoms with van der Waals surface area (Å²) in [5.74, 6) is -0.434. The summed E-state index contributed by atoms with van der Waals surface area (Å²) in [7, 11) is 0. The van der Waals surface area contributed by atoms with E-state index in [-0.39, 0.29) is 29.9 Å². The van der Waals surface area contributed by atoms with Crippen LogP contribution in [0.3, 0.4) is 0 Å². The van der Waals surface area contributed by atoms with Gasteiger partial charge in [0.2, 0.25) is 11.8 Å². The molecular formula is C20H23NO3. The summed E-state index contributed by atoms with van der Waals surface area (Å²) in [5.41, 5.74) is 0.832. The van der Waals surface area contributed by atoms with Crippen molar-refractivity contribution in [3.05, 3.63) is 42.0 Å². The van der Waals surface area contributed by atoms with Crippen LogP contribution in [0.15, 0.2) is 42.0 Å². The molecule has 1 aromatic carbocycles. The molecule has 1 saturated heterocycles. The molecule has 2 amide bonds. The lowest BCUT2D eigenvalue weighted by molar-refractivity contribution is -0.127. The van der Waals surface area contributed by atoms with Gasteiger partial charge < -0.3 is 0 Å². The number of allylic oxidation sites excluding steroid dienone is 2. The van der Waals surface area contributed by atoms with E-state index in [1.54, 1.807) is 18.2 Å². The molecule has 3 rings (SSSR count). The SMILES string of the molecule is CCCCC1=CC(=O)C[C@@H]1[C@]1(C)CC(=O)N(c2ccccc2)C1=O. The number of para-hydroxylation sites is 1. The van der Waals surface area contributed by atoms with E-state index in [0.717, 1.165) is 24.8 Å². The lowest BCUT2D eigenvalue weighted by Gasteiger charge is -2.30. The number of hydrogen-bond acceptors (Lipinski definition) is 3. The number of ketones is 1. The van der Waals surface area contributed by atoms with Gasteiger partial charge in [0.25, 0.3) is 0 Å². The van der Waals surface area contributed by atoms with E-state index >= 15 is 0 Å². The second-order valence-corrected chi connectivity index (χ2v) is 7.01. The van der Waals surface area contributed by atoms with Gasteiger partial charge in [0, 0.05) is 18.8 Å². The number of rotatable bonds is 5.